The Balaban J connectivity index is 1.87. The topological polar surface area (TPSA) is 50.4 Å². The minimum atomic E-state index is -0.878. The molecule has 1 saturated heterocycles. The molecule has 1 aromatic carbocycles. The maximum atomic E-state index is 14.1. The minimum absolute atomic E-state index is 0.104. The molecule has 2 N–H and O–H groups in total. The molecule has 0 aromatic heterocycles. The molecule has 1 amide bonds. The lowest BCUT2D eigenvalue weighted by atomic mass is 9.61. The molecule has 4 rings (SSSR count). The number of amides is 1. The van der Waals surface area contributed by atoms with Gasteiger partial charge < -0.3 is 15.4 Å². The molecule has 24 heavy (non-hydrogen) atoms. The average Bonchev–Trinajstić information content (AvgIpc) is 2.98. The first kappa shape index (κ1) is 16.0. The third-order valence-electron chi connectivity index (χ3n) is 6.20. The van der Waals surface area contributed by atoms with Gasteiger partial charge in [-0.25, -0.2) is 4.39 Å². The number of benzene rings is 1. The summed E-state index contributed by atoms with van der Waals surface area (Å²) in [5.74, 6) is -0.319. The van der Waals surface area contributed by atoms with Gasteiger partial charge >= 0.3 is 0 Å². The summed E-state index contributed by atoms with van der Waals surface area (Å²) in [6.45, 7) is 1.74. The van der Waals surface area contributed by atoms with Gasteiger partial charge in [-0.2, -0.15) is 0 Å². The molecule has 0 radical (unpaired) electrons. The van der Waals surface area contributed by atoms with Crippen molar-refractivity contribution >= 4 is 23.2 Å². The van der Waals surface area contributed by atoms with E-state index in [1.165, 1.54) is 0 Å². The summed E-state index contributed by atoms with van der Waals surface area (Å²) >= 11 is 5.25. The zero-order valence-corrected chi connectivity index (χ0v) is 14.7. The van der Waals surface area contributed by atoms with E-state index in [0.29, 0.717) is 17.1 Å². The zero-order valence-electron chi connectivity index (χ0n) is 13.9. The van der Waals surface area contributed by atoms with Crippen LogP contribution >= 0.6 is 12.2 Å². The van der Waals surface area contributed by atoms with E-state index in [2.05, 4.69) is 10.6 Å². The summed E-state index contributed by atoms with van der Waals surface area (Å²) in [7, 11) is 1.73. The van der Waals surface area contributed by atoms with E-state index in [4.69, 9.17) is 17.0 Å². The van der Waals surface area contributed by atoms with E-state index in [-0.39, 0.29) is 23.2 Å². The number of aryl methyl sites for hydroxylation is 1. The highest BCUT2D eigenvalue weighted by Gasteiger charge is 2.65. The molecule has 3 aliphatic rings. The molecule has 2 aliphatic carbocycles. The van der Waals surface area contributed by atoms with Crippen molar-refractivity contribution in [3.05, 3.63) is 34.6 Å². The number of nitrogens with one attached hydrogen (secondary N) is 2. The van der Waals surface area contributed by atoms with Gasteiger partial charge in [0.15, 0.2) is 10.7 Å². The van der Waals surface area contributed by atoms with Crippen LogP contribution < -0.4 is 10.6 Å². The van der Waals surface area contributed by atoms with Crippen LogP contribution in [0.4, 0.5) is 4.39 Å². The third-order valence-corrected chi connectivity index (χ3v) is 6.41. The smallest absolute Gasteiger partial charge is 0.257 e. The number of ether oxygens (including phenoxy) is 1. The van der Waals surface area contributed by atoms with E-state index in [0.717, 1.165) is 36.8 Å². The van der Waals surface area contributed by atoms with Gasteiger partial charge in [-0.05, 0) is 80.1 Å². The number of rotatable bonds is 1. The SMILES string of the molecule is COC1CCC2(CC1)Cc1cc(F)c(C)cc1C21NC(=S)NC1=O. The first-order chi connectivity index (χ1) is 11.4. The summed E-state index contributed by atoms with van der Waals surface area (Å²) < 4.78 is 19.6. The Hall–Kier alpha value is -1.53. The van der Waals surface area contributed by atoms with Gasteiger partial charge in [0, 0.05) is 12.5 Å². The van der Waals surface area contributed by atoms with Gasteiger partial charge in [0.05, 0.1) is 6.10 Å². The van der Waals surface area contributed by atoms with Crippen LogP contribution in [-0.2, 0) is 21.5 Å². The Morgan fingerprint density at radius 2 is 2.04 bits per heavy atom. The van der Waals surface area contributed by atoms with Crippen LogP contribution in [0.25, 0.3) is 0 Å². The van der Waals surface area contributed by atoms with Gasteiger partial charge in [-0.1, -0.05) is 0 Å². The Morgan fingerprint density at radius 3 is 2.62 bits per heavy atom. The molecule has 4 nitrogen and oxygen atoms in total. The molecular weight excluding hydrogens is 327 g/mol. The second-order valence-corrected chi connectivity index (χ2v) is 7.72. The number of halogens is 1. The molecule has 1 aromatic rings. The largest absolute Gasteiger partial charge is 0.381 e. The first-order valence-corrected chi connectivity index (χ1v) is 8.78. The molecular formula is C18H21FN2O2S. The average molecular weight is 348 g/mol. The maximum absolute atomic E-state index is 14.1. The first-order valence-electron chi connectivity index (χ1n) is 8.38. The second kappa shape index (κ2) is 5.23. The summed E-state index contributed by atoms with van der Waals surface area (Å²) in [5.41, 5.74) is 1.20. The van der Waals surface area contributed by atoms with Crippen LogP contribution in [-0.4, -0.2) is 24.2 Å². The number of thiocarbonyl (C=S) groups is 1. The molecule has 1 unspecified atom stereocenters. The van der Waals surface area contributed by atoms with Gasteiger partial charge in [-0.15, -0.1) is 0 Å². The lowest BCUT2D eigenvalue weighted by Gasteiger charge is -2.46. The van der Waals surface area contributed by atoms with Crippen molar-refractivity contribution in [2.45, 2.75) is 50.7 Å². The van der Waals surface area contributed by atoms with Gasteiger partial charge in [0.25, 0.3) is 5.91 Å². The Labute approximate surface area is 146 Å². The number of fused-ring (bicyclic) bond motifs is 3. The van der Waals surface area contributed by atoms with E-state index >= 15 is 0 Å². The van der Waals surface area contributed by atoms with Crippen LogP contribution in [0.3, 0.4) is 0 Å². The van der Waals surface area contributed by atoms with Gasteiger partial charge in [-0.3, -0.25) is 4.79 Å². The summed E-state index contributed by atoms with van der Waals surface area (Å²) in [6, 6.07) is 3.42. The van der Waals surface area contributed by atoms with E-state index in [1.807, 2.05) is 6.07 Å². The van der Waals surface area contributed by atoms with E-state index in [1.54, 1.807) is 20.1 Å². The van der Waals surface area contributed by atoms with Crippen LogP contribution in [0.5, 0.6) is 0 Å². The Bertz CT molecular complexity index is 743. The maximum Gasteiger partial charge on any atom is 0.257 e. The fourth-order valence-corrected chi connectivity index (χ4v) is 5.20. The Morgan fingerprint density at radius 1 is 1.33 bits per heavy atom. The predicted molar refractivity (Wildman–Crippen MR) is 92.1 cm³/mol. The minimum Gasteiger partial charge on any atom is -0.381 e. The van der Waals surface area contributed by atoms with Crippen LogP contribution in [0.2, 0.25) is 0 Å². The van der Waals surface area contributed by atoms with Crippen LogP contribution in [0.15, 0.2) is 12.1 Å². The number of hydrogen-bond donors (Lipinski definition) is 2. The highest BCUT2D eigenvalue weighted by atomic mass is 32.1. The summed E-state index contributed by atoms with van der Waals surface area (Å²) in [6.07, 6.45) is 4.42. The Kier molecular flexibility index (Phi) is 3.48. The molecule has 1 aliphatic heterocycles. The van der Waals surface area contributed by atoms with Crippen molar-refractivity contribution in [1.82, 2.24) is 10.6 Å². The van der Waals surface area contributed by atoms with Crippen molar-refractivity contribution in [3.8, 4) is 0 Å². The molecule has 6 heteroatoms. The lowest BCUT2D eigenvalue weighted by Crippen LogP contribution is -2.56. The van der Waals surface area contributed by atoms with Gasteiger partial charge in [0.2, 0.25) is 0 Å². The molecule has 1 saturated carbocycles. The number of carbonyl (C=O) groups excluding carboxylic acids is 1. The molecule has 1 heterocycles. The van der Waals surface area contributed by atoms with Crippen molar-refractivity contribution in [2.24, 2.45) is 5.41 Å². The third kappa shape index (κ3) is 1.93. The normalized spacial score (nSPS) is 34.5. The van der Waals surface area contributed by atoms with E-state index < -0.39 is 5.54 Å². The molecule has 2 fully saturated rings. The highest BCUT2D eigenvalue weighted by molar-refractivity contribution is 7.80. The van der Waals surface area contributed by atoms with Gasteiger partial charge in [0.1, 0.15) is 5.82 Å². The van der Waals surface area contributed by atoms with E-state index in [9.17, 15) is 9.18 Å². The van der Waals surface area contributed by atoms with Crippen molar-refractivity contribution in [3.63, 3.8) is 0 Å². The predicted octanol–water partition coefficient (Wildman–Crippen LogP) is 2.47. The quantitative estimate of drug-likeness (QED) is 0.766. The van der Waals surface area contributed by atoms with Crippen LogP contribution in [0.1, 0.15) is 42.4 Å². The highest BCUT2D eigenvalue weighted by Crippen LogP contribution is 2.59. The molecule has 0 bridgehead atoms. The summed E-state index contributed by atoms with van der Waals surface area (Å²) in [5, 5.41) is 6.42. The number of methoxy groups -OCH3 is 1. The monoisotopic (exact) mass is 348 g/mol. The van der Waals surface area contributed by atoms with Crippen LogP contribution in [0, 0.1) is 18.2 Å². The molecule has 2 spiro atoms. The fraction of sp³-hybridized carbons (Fsp3) is 0.556. The molecule has 1 atom stereocenters. The zero-order chi connectivity index (χ0) is 17.1. The lowest BCUT2D eigenvalue weighted by molar-refractivity contribution is -0.131. The van der Waals surface area contributed by atoms with Crippen molar-refractivity contribution in [2.75, 3.05) is 7.11 Å². The standard InChI is InChI=1S/C18H21FN2O2S/c1-10-7-13-11(8-14(10)19)9-17(5-3-12(23-2)4-6-17)18(13)15(22)20-16(24)21-18/h7-8,12H,3-6,9H2,1-2H3,(H2,20,21,22,24). The summed E-state index contributed by atoms with van der Waals surface area (Å²) in [4.78, 5) is 13.0. The second-order valence-electron chi connectivity index (χ2n) is 7.31. The number of carbonyl (C=O) groups is 1. The number of hydrogen-bond acceptors (Lipinski definition) is 3. The van der Waals surface area contributed by atoms with Crippen molar-refractivity contribution < 1.29 is 13.9 Å². The van der Waals surface area contributed by atoms with Crippen molar-refractivity contribution in [1.29, 1.82) is 0 Å². The fourth-order valence-electron chi connectivity index (χ4n) is 4.95. The molecule has 128 valence electrons.